The van der Waals surface area contributed by atoms with Crippen LogP contribution in [0.15, 0.2) is 146 Å². The smallest absolute Gasteiger partial charge is 0.0629 e. The summed E-state index contributed by atoms with van der Waals surface area (Å²) in [6.07, 6.45) is 9.06. The van der Waals surface area contributed by atoms with E-state index >= 15 is 0 Å². The fourth-order valence-electron chi connectivity index (χ4n) is 6.42. The van der Waals surface area contributed by atoms with Crippen LogP contribution < -0.4 is 4.90 Å². The summed E-state index contributed by atoms with van der Waals surface area (Å²) >= 11 is 0. The zero-order chi connectivity index (χ0) is 25.1. The number of para-hydroxylation sites is 3. The Morgan fingerprint density at radius 3 is 2.00 bits per heavy atom. The molecule has 2 atom stereocenters. The van der Waals surface area contributed by atoms with Crippen molar-refractivity contribution in [2.24, 2.45) is 0 Å². The van der Waals surface area contributed by atoms with E-state index in [1.807, 2.05) is 0 Å². The SMILES string of the molecule is C1=CC2c3cc(-c4ccc5c(c4)c4ccccc4n5-c4ccccc4)ccc3N(c3ccccc3)C2C=C1. The van der Waals surface area contributed by atoms with E-state index < -0.39 is 0 Å². The summed E-state index contributed by atoms with van der Waals surface area (Å²) < 4.78 is 2.37. The van der Waals surface area contributed by atoms with Gasteiger partial charge in [0.15, 0.2) is 0 Å². The maximum atomic E-state index is 2.49. The Labute approximate surface area is 222 Å². The van der Waals surface area contributed by atoms with Gasteiger partial charge in [0, 0.05) is 33.8 Å². The molecule has 0 saturated heterocycles. The Bertz CT molecular complexity index is 1880. The highest BCUT2D eigenvalue weighted by molar-refractivity contribution is 6.10. The van der Waals surface area contributed by atoms with Crippen LogP contribution in [0.25, 0.3) is 38.6 Å². The first-order valence-corrected chi connectivity index (χ1v) is 13.3. The van der Waals surface area contributed by atoms with Crippen LogP contribution >= 0.6 is 0 Å². The average Bonchev–Trinajstić information content (AvgIpc) is 3.50. The van der Waals surface area contributed by atoms with Gasteiger partial charge in [0.05, 0.1) is 17.1 Å². The molecule has 180 valence electrons. The molecular weight excluding hydrogens is 460 g/mol. The van der Waals surface area contributed by atoms with Crippen LogP contribution in [0.5, 0.6) is 0 Å². The fourth-order valence-corrected chi connectivity index (χ4v) is 6.42. The quantitative estimate of drug-likeness (QED) is 0.242. The summed E-state index contributed by atoms with van der Waals surface area (Å²) in [6.45, 7) is 0. The third-order valence-corrected chi connectivity index (χ3v) is 8.10. The predicted octanol–water partition coefficient (Wildman–Crippen LogP) is 9.18. The zero-order valence-corrected chi connectivity index (χ0v) is 20.9. The fraction of sp³-hybridized carbons (Fsp3) is 0.0556. The lowest BCUT2D eigenvalue weighted by Gasteiger charge is -2.28. The molecule has 8 rings (SSSR count). The molecule has 6 aromatic rings. The second-order valence-corrected chi connectivity index (χ2v) is 10.2. The van der Waals surface area contributed by atoms with E-state index in [1.54, 1.807) is 0 Å². The molecule has 0 radical (unpaired) electrons. The lowest BCUT2D eigenvalue weighted by atomic mass is 9.89. The molecular formula is C36H26N2. The number of benzene rings is 5. The lowest BCUT2D eigenvalue weighted by molar-refractivity contribution is 0.745. The van der Waals surface area contributed by atoms with Gasteiger partial charge in [-0.15, -0.1) is 0 Å². The van der Waals surface area contributed by atoms with E-state index in [4.69, 9.17) is 0 Å². The van der Waals surface area contributed by atoms with Gasteiger partial charge in [-0.3, -0.25) is 0 Å². The van der Waals surface area contributed by atoms with Crippen LogP contribution in [-0.2, 0) is 0 Å². The molecule has 1 aliphatic carbocycles. The molecule has 0 N–H and O–H groups in total. The normalized spacial score (nSPS) is 17.7. The van der Waals surface area contributed by atoms with E-state index in [1.165, 1.54) is 55.6 Å². The summed E-state index contributed by atoms with van der Waals surface area (Å²) in [5.74, 6) is 0.346. The number of fused-ring (bicyclic) bond motifs is 6. The second-order valence-electron chi connectivity index (χ2n) is 10.2. The molecule has 2 heteroatoms. The van der Waals surface area contributed by atoms with Gasteiger partial charge < -0.3 is 9.47 Å². The molecule has 38 heavy (non-hydrogen) atoms. The summed E-state index contributed by atoms with van der Waals surface area (Å²) in [7, 11) is 0. The van der Waals surface area contributed by atoms with Gasteiger partial charge in [0.2, 0.25) is 0 Å². The Kier molecular flexibility index (Phi) is 4.68. The van der Waals surface area contributed by atoms with Crippen molar-refractivity contribution in [2.75, 3.05) is 4.90 Å². The first-order chi connectivity index (χ1) is 18.9. The van der Waals surface area contributed by atoms with Crippen molar-refractivity contribution in [3.8, 4) is 16.8 Å². The largest absolute Gasteiger partial charge is 0.333 e. The van der Waals surface area contributed by atoms with Crippen LogP contribution in [0.4, 0.5) is 11.4 Å². The lowest BCUT2D eigenvalue weighted by Crippen LogP contribution is -2.28. The molecule has 0 spiro atoms. The number of anilines is 2. The molecule has 1 aliphatic heterocycles. The maximum absolute atomic E-state index is 2.49. The van der Waals surface area contributed by atoms with Crippen LogP contribution in [0.2, 0.25) is 0 Å². The second kappa shape index (κ2) is 8.36. The highest BCUT2D eigenvalue weighted by Crippen LogP contribution is 2.49. The number of aromatic nitrogens is 1. The first-order valence-electron chi connectivity index (χ1n) is 13.3. The minimum atomic E-state index is 0.305. The van der Waals surface area contributed by atoms with Crippen LogP contribution in [0.3, 0.4) is 0 Å². The predicted molar refractivity (Wildman–Crippen MR) is 160 cm³/mol. The summed E-state index contributed by atoms with van der Waals surface area (Å²) in [6, 6.07) is 44.4. The van der Waals surface area contributed by atoms with E-state index in [9.17, 15) is 0 Å². The molecule has 1 aromatic heterocycles. The number of hydrogen-bond donors (Lipinski definition) is 0. The molecule has 0 saturated carbocycles. The standard InChI is InChI=1S/C36H26N2/c1-3-11-27(12-4-1)37-33-17-9-7-15-29(33)31-23-25(19-21-35(31)37)26-20-22-36-32(24-26)30-16-8-10-18-34(30)38(36)28-13-5-2-6-14-28/h1-24,29,33H. The molecule has 2 unspecified atom stereocenters. The van der Waals surface area contributed by atoms with Gasteiger partial charge in [-0.05, 0) is 71.3 Å². The first kappa shape index (κ1) is 21.3. The Balaban J connectivity index is 1.29. The third kappa shape index (κ3) is 3.13. The number of allylic oxidation sites excluding steroid dienone is 2. The minimum Gasteiger partial charge on any atom is -0.333 e. The van der Waals surface area contributed by atoms with Crippen LogP contribution in [0.1, 0.15) is 11.5 Å². The van der Waals surface area contributed by atoms with E-state index in [2.05, 4.69) is 155 Å². The van der Waals surface area contributed by atoms with Gasteiger partial charge in [0.1, 0.15) is 0 Å². The van der Waals surface area contributed by atoms with E-state index in [0.29, 0.717) is 12.0 Å². The number of hydrogen-bond acceptors (Lipinski definition) is 1. The number of nitrogens with zero attached hydrogens (tertiary/aromatic N) is 2. The van der Waals surface area contributed by atoms with Gasteiger partial charge in [-0.25, -0.2) is 0 Å². The molecule has 0 fully saturated rings. The maximum Gasteiger partial charge on any atom is 0.0629 e. The third-order valence-electron chi connectivity index (χ3n) is 8.10. The zero-order valence-electron chi connectivity index (χ0n) is 20.9. The molecule has 0 amide bonds. The van der Waals surface area contributed by atoms with Gasteiger partial charge >= 0.3 is 0 Å². The molecule has 2 heterocycles. The van der Waals surface area contributed by atoms with Crippen molar-refractivity contribution < 1.29 is 0 Å². The summed E-state index contributed by atoms with van der Waals surface area (Å²) in [4.78, 5) is 2.49. The monoisotopic (exact) mass is 486 g/mol. The Morgan fingerprint density at radius 1 is 0.500 bits per heavy atom. The highest BCUT2D eigenvalue weighted by atomic mass is 15.2. The van der Waals surface area contributed by atoms with Gasteiger partial charge in [-0.2, -0.15) is 0 Å². The van der Waals surface area contributed by atoms with Crippen molar-refractivity contribution >= 4 is 33.2 Å². The van der Waals surface area contributed by atoms with Gasteiger partial charge in [0.25, 0.3) is 0 Å². The Hall–Kier alpha value is -4.82. The van der Waals surface area contributed by atoms with Crippen LogP contribution in [0, 0.1) is 0 Å². The minimum absolute atomic E-state index is 0.305. The van der Waals surface area contributed by atoms with Crippen molar-refractivity contribution in [2.45, 2.75) is 12.0 Å². The molecule has 2 nitrogen and oxygen atoms in total. The van der Waals surface area contributed by atoms with E-state index in [-0.39, 0.29) is 0 Å². The number of rotatable bonds is 3. The van der Waals surface area contributed by atoms with Crippen molar-refractivity contribution in [3.05, 3.63) is 151 Å². The highest BCUT2D eigenvalue weighted by Gasteiger charge is 2.37. The summed E-state index contributed by atoms with van der Waals surface area (Å²) in [5.41, 5.74) is 10.1. The van der Waals surface area contributed by atoms with E-state index in [0.717, 1.165) is 0 Å². The topological polar surface area (TPSA) is 8.17 Å². The molecule has 2 aliphatic rings. The van der Waals surface area contributed by atoms with Crippen molar-refractivity contribution in [1.82, 2.24) is 4.57 Å². The average molecular weight is 487 g/mol. The van der Waals surface area contributed by atoms with Crippen LogP contribution in [-0.4, -0.2) is 10.6 Å². The van der Waals surface area contributed by atoms with Gasteiger partial charge in [-0.1, -0.05) is 91.0 Å². The Morgan fingerprint density at radius 2 is 1.16 bits per heavy atom. The van der Waals surface area contributed by atoms with Crippen molar-refractivity contribution in [1.29, 1.82) is 0 Å². The van der Waals surface area contributed by atoms with Crippen molar-refractivity contribution in [3.63, 3.8) is 0 Å². The molecule has 5 aromatic carbocycles. The summed E-state index contributed by atoms with van der Waals surface area (Å²) in [5, 5.41) is 2.57. The molecule has 0 bridgehead atoms.